The van der Waals surface area contributed by atoms with Gasteiger partial charge in [0.25, 0.3) is 0 Å². The maximum atomic E-state index is 11.5. The fraction of sp³-hybridized carbons (Fsp3) is 0.333. The Bertz CT molecular complexity index is 425. The first-order chi connectivity index (χ1) is 7.52. The number of hydrogen-bond donors (Lipinski definition) is 2. The molecular weight excluding hydrogens is 204 g/mol. The molecule has 0 radical (unpaired) electrons. The van der Waals surface area contributed by atoms with E-state index >= 15 is 0 Å². The van der Waals surface area contributed by atoms with Gasteiger partial charge < -0.3 is 10.5 Å². The molecule has 0 aliphatic heterocycles. The van der Waals surface area contributed by atoms with Gasteiger partial charge in [-0.05, 0) is 32.4 Å². The molecule has 2 N–H and O–H groups in total. The molecule has 1 aromatic rings. The Hall–Kier alpha value is -1.84. The first kappa shape index (κ1) is 12.2. The molecule has 0 unspecified atom stereocenters. The van der Waals surface area contributed by atoms with Gasteiger partial charge in [-0.15, -0.1) is 0 Å². The van der Waals surface area contributed by atoms with E-state index in [0.717, 1.165) is 16.8 Å². The van der Waals surface area contributed by atoms with Crippen molar-refractivity contribution in [2.75, 3.05) is 5.32 Å². The minimum Gasteiger partial charge on any atom is -0.411 e. The minimum absolute atomic E-state index is 0.101. The van der Waals surface area contributed by atoms with Crippen LogP contribution in [0.1, 0.15) is 24.5 Å². The van der Waals surface area contributed by atoms with Gasteiger partial charge in [0, 0.05) is 5.69 Å². The topological polar surface area (TPSA) is 61.7 Å². The first-order valence-corrected chi connectivity index (χ1v) is 5.07. The number of anilines is 1. The molecule has 1 amide bonds. The predicted molar refractivity (Wildman–Crippen MR) is 64.1 cm³/mol. The summed E-state index contributed by atoms with van der Waals surface area (Å²) in [4.78, 5) is 11.5. The number of oxime groups is 1. The average molecular weight is 220 g/mol. The summed E-state index contributed by atoms with van der Waals surface area (Å²) in [5.74, 6) is -0.178. The molecule has 4 heteroatoms. The number of aryl methyl sites for hydroxylation is 2. The zero-order valence-corrected chi connectivity index (χ0v) is 9.74. The van der Waals surface area contributed by atoms with Crippen molar-refractivity contribution in [2.24, 2.45) is 5.16 Å². The van der Waals surface area contributed by atoms with Gasteiger partial charge in [-0.25, -0.2) is 0 Å². The van der Waals surface area contributed by atoms with Crippen molar-refractivity contribution >= 4 is 17.3 Å². The Morgan fingerprint density at radius 3 is 2.69 bits per heavy atom. The molecule has 0 saturated heterocycles. The van der Waals surface area contributed by atoms with E-state index in [1.165, 1.54) is 0 Å². The number of amides is 1. The molecule has 0 heterocycles. The summed E-state index contributed by atoms with van der Waals surface area (Å²) in [6.45, 7) is 5.54. The van der Waals surface area contributed by atoms with Crippen molar-refractivity contribution in [1.82, 2.24) is 0 Å². The highest BCUT2D eigenvalue weighted by Crippen LogP contribution is 2.16. The maximum Gasteiger partial charge on any atom is 0.230 e. The van der Waals surface area contributed by atoms with Crippen LogP contribution in [0.3, 0.4) is 0 Å². The monoisotopic (exact) mass is 220 g/mol. The molecule has 0 atom stereocenters. The second kappa shape index (κ2) is 5.30. The molecule has 0 fully saturated rings. The Morgan fingerprint density at radius 1 is 1.44 bits per heavy atom. The Labute approximate surface area is 95.0 Å². The number of nitrogens with one attached hydrogen (secondary N) is 1. The Morgan fingerprint density at radius 2 is 2.12 bits per heavy atom. The third-order valence-corrected chi connectivity index (χ3v) is 2.24. The first-order valence-electron chi connectivity index (χ1n) is 5.07. The van der Waals surface area contributed by atoms with Crippen LogP contribution in [0.25, 0.3) is 0 Å². The third kappa shape index (κ3) is 3.38. The molecule has 0 spiro atoms. The van der Waals surface area contributed by atoms with Crippen LogP contribution < -0.4 is 5.32 Å². The van der Waals surface area contributed by atoms with E-state index in [4.69, 9.17) is 5.21 Å². The number of carbonyl (C=O) groups excluding carboxylic acids is 1. The van der Waals surface area contributed by atoms with Gasteiger partial charge in [-0.3, -0.25) is 4.79 Å². The lowest BCUT2D eigenvalue weighted by Crippen LogP contribution is -2.15. The van der Waals surface area contributed by atoms with Crippen LogP contribution in [0, 0.1) is 13.8 Å². The van der Waals surface area contributed by atoms with Crippen molar-refractivity contribution in [3.05, 3.63) is 29.3 Å². The summed E-state index contributed by atoms with van der Waals surface area (Å²) in [5.41, 5.74) is 3.36. The van der Waals surface area contributed by atoms with Gasteiger partial charge in [-0.2, -0.15) is 0 Å². The van der Waals surface area contributed by atoms with E-state index in [2.05, 4.69) is 10.5 Å². The van der Waals surface area contributed by atoms with Crippen LogP contribution in [0.5, 0.6) is 0 Å². The van der Waals surface area contributed by atoms with E-state index in [0.29, 0.717) is 5.71 Å². The molecule has 4 nitrogen and oxygen atoms in total. The van der Waals surface area contributed by atoms with Gasteiger partial charge in [-0.1, -0.05) is 22.9 Å². The van der Waals surface area contributed by atoms with Gasteiger partial charge in [0.15, 0.2) is 0 Å². The molecule has 0 saturated carbocycles. The number of rotatable bonds is 3. The summed E-state index contributed by atoms with van der Waals surface area (Å²) in [6, 6.07) is 5.81. The molecule has 16 heavy (non-hydrogen) atoms. The summed E-state index contributed by atoms with van der Waals surface area (Å²) in [7, 11) is 0. The fourth-order valence-corrected chi connectivity index (χ4v) is 1.42. The Kier molecular flexibility index (Phi) is 4.05. The van der Waals surface area contributed by atoms with Crippen LogP contribution in [-0.4, -0.2) is 16.8 Å². The summed E-state index contributed by atoms with van der Waals surface area (Å²) >= 11 is 0. The van der Waals surface area contributed by atoms with Gasteiger partial charge in [0.05, 0.1) is 12.1 Å². The lowest BCUT2D eigenvalue weighted by molar-refractivity contribution is -0.115. The van der Waals surface area contributed by atoms with Crippen molar-refractivity contribution in [3.8, 4) is 0 Å². The second-order valence-corrected chi connectivity index (χ2v) is 3.88. The molecule has 0 bridgehead atoms. The molecule has 0 aromatic heterocycles. The molecule has 1 rings (SSSR count). The molecule has 86 valence electrons. The third-order valence-electron chi connectivity index (χ3n) is 2.24. The van der Waals surface area contributed by atoms with Gasteiger partial charge >= 0.3 is 0 Å². The Balaban J connectivity index is 2.70. The number of carbonyl (C=O) groups is 1. The minimum atomic E-state index is -0.178. The zero-order valence-electron chi connectivity index (χ0n) is 9.74. The van der Waals surface area contributed by atoms with E-state index in [1.807, 2.05) is 32.0 Å². The predicted octanol–water partition coefficient (Wildman–Crippen LogP) is 2.48. The number of benzene rings is 1. The van der Waals surface area contributed by atoms with Crippen LogP contribution in [-0.2, 0) is 4.79 Å². The summed E-state index contributed by atoms with van der Waals surface area (Å²) in [5, 5.41) is 14.2. The molecular formula is C12H16N2O2. The lowest BCUT2D eigenvalue weighted by Gasteiger charge is -2.08. The normalized spacial score (nSPS) is 11.3. The summed E-state index contributed by atoms with van der Waals surface area (Å²) < 4.78 is 0. The maximum absolute atomic E-state index is 11.5. The van der Waals surface area contributed by atoms with Crippen LogP contribution in [0.2, 0.25) is 0 Å². The van der Waals surface area contributed by atoms with E-state index < -0.39 is 0 Å². The molecule has 0 aliphatic rings. The zero-order chi connectivity index (χ0) is 12.1. The SMILES string of the molecule is C/C(CC(=O)Nc1ccc(C)cc1C)=N/O. The highest BCUT2D eigenvalue weighted by atomic mass is 16.4. The highest BCUT2D eigenvalue weighted by Gasteiger charge is 2.06. The average Bonchev–Trinajstić information content (AvgIpc) is 2.22. The number of hydrogen-bond acceptors (Lipinski definition) is 3. The number of nitrogens with zero attached hydrogens (tertiary/aromatic N) is 1. The highest BCUT2D eigenvalue weighted by molar-refractivity contribution is 6.05. The fourth-order valence-electron chi connectivity index (χ4n) is 1.42. The largest absolute Gasteiger partial charge is 0.411 e. The molecule has 0 aliphatic carbocycles. The van der Waals surface area contributed by atoms with Crippen molar-refractivity contribution in [3.63, 3.8) is 0 Å². The van der Waals surface area contributed by atoms with Crippen LogP contribution in [0.15, 0.2) is 23.4 Å². The van der Waals surface area contributed by atoms with Crippen molar-refractivity contribution in [1.29, 1.82) is 0 Å². The lowest BCUT2D eigenvalue weighted by atomic mass is 10.1. The van der Waals surface area contributed by atoms with Gasteiger partial charge in [0.1, 0.15) is 0 Å². The van der Waals surface area contributed by atoms with E-state index in [-0.39, 0.29) is 12.3 Å². The van der Waals surface area contributed by atoms with Crippen molar-refractivity contribution < 1.29 is 10.0 Å². The smallest absolute Gasteiger partial charge is 0.230 e. The quantitative estimate of drug-likeness (QED) is 0.467. The van der Waals surface area contributed by atoms with Crippen LogP contribution in [0.4, 0.5) is 5.69 Å². The molecule has 1 aromatic carbocycles. The van der Waals surface area contributed by atoms with E-state index in [9.17, 15) is 4.79 Å². The standard InChI is InChI=1S/C12H16N2O2/c1-8-4-5-11(9(2)6-8)13-12(15)7-10(3)14-16/h4-6,16H,7H2,1-3H3,(H,13,15)/b14-10-. The van der Waals surface area contributed by atoms with E-state index in [1.54, 1.807) is 6.92 Å². The summed E-state index contributed by atoms with van der Waals surface area (Å²) in [6.07, 6.45) is 0.101. The van der Waals surface area contributed by atoms with Crippen molar-refractivity contribution in [2.45, 2.75) is 27.2 Å². The van der Waals surface area contributed by atoms with Gasteiger partial charge in [0.2, 0.25) is 5.91 Å². The second-order valence-electron chi connectivity index (χ2n) is 3.88. The van der Waals surface area contributed by atoms with Crippen LogP contribution >= 0.6 is 0 Å².